The summed E-state index contributed by atoms with van der Waals surface area (Å²) in [5, 5.41) is 9.50. The third-order valence-electron chi connectivity index (χ3n) is 4.30. The van der Waals surface area contributed by atoms with E-state index in [-0.39, 0.29) is 6.61 Å². The van der Waals surface area contributed by atoms with Crippen LogP contribution in [0.1, 0.15) is 11.1 Å². The average molecular weight is 326 g/mol. The molecule has 5 nitrogen and oxygen atoms in total. The van der Waals surface area contributed by atoms with Gasteiger partial charge >= 0.3 is 0 Å². The number of aliphatic hydroxyl groups is 1. The van der Waals surface area contributed by atoms with Crippen molar-refractivity contribution in [3.8, 4) is 22.9 Å². The number of ether oxygens (including phenoxy) is 2. The van der Waals surface area contributed by atoms with E-state index in [2.05, 4.69) is 26.0 Å². The molecule has 1 aromatic heterocycles. The van der Waals surface area contributed by atoms with Gasteiger partial charge in [0.1, 0.15) is 17.3 Å². The molecule has 0 fully saturated rings. The van der Waals surface area contributed by atoms with E-state index >= 15 is 0 Å². The summed E-state index contributed by atoms with van der Waals surface area (Å²) in [7, 11) is 3.25. The molecular weight excluding hydrogens is 304 g/mol. The van der Waals surface area contributed by atoms with Gasteiger partial charge in [-0.05, 0) is 49.2 Å². The Hall–Kier alpha value is -2.53. The number of fused-ring (bicyclic) bond motifs is 1. The number of imidazole rings is 1. The number of aliphatic hydroxyl groups excluding tert-OH is 1. The Morgan fingerprint density at radius 1 is 0.958 bits per heavy atom. The summed E-state index contributed by atoms with van der Waals surface area (Å²) in [4.78, 5) is 4.80. The highest BCUT2D eigenvalue weighted by atomic mass is 16.5. The molecule has 0 saturated carbocycles. The van der Waals surface area contributed by atoms with E-state index in [9.17, 15) is 5.11 Å². The van der Waals surface area contributed by atoms with Crippen molar-refractivity contribution in [2.45, 2.75) is 20.4 Å². The van der Waals surface area contributed by atoms with E-state index in [0.717, 1.165) is 22.4 Å². The number of rotatable bonds is 5. The van der Waals surface area contributed by atoms with Crippen LogP contribution in [0, 0.1) is 13.8 Å². The van der Waals surface area contributed by atoms with Gasteiger partial charge in [-0.1, -0.05) is 0 Å². The number of aryl methyl sites for hydroxylation is 2. The molecule has 24 heavy (non-hydrogen) atoms. The van der Waals surface area contributed by atoms with Crippen LogP contribution in [-0.4, -0.2) is 35.5 Å². The van der Waals surface area contributed by atoms with E-state index in [4.69, 9.17) is 14.5 Å². The Bertz CT molecular complexity index is 862. The molecule has 3 rings (SSSR count). The maximum Gasteiger partial charge on any atom is 0.141 e. The van der Waals surface area contributed by atoms with Crippen molar-refractivity contribution in [1.82, 2.24) is 9.55 Å². The molecule has 0 aliphatic rings. The highest BCUT2D eigenvalue weighted by Crippen LogP contribution is 2.32. The molecule has 0 amide bonds. The Morgan fingerprint density at radius 2 is 1.58 bits per heavy atom. The molecule has 0 radical (unpaired) electrons. The van der Waals surface area contributed by atoms with Crippen LogP contribution >= 0.6 is 0 Å². The molecule has 0 aliphatic carbocycles. The van der Waals surface area contributed by atoms with E-state index < -0.39 is 0 Å². The molecule has 0 atom stereocenters. The van der Waals surface area contributed by atoms with Gasteiger partial charge in [0, 0.05) is 18.2 Å². The van der Waals surface area contributed by atoms with Crippen LogP contribution in [0.4, 0.5) is 0 Å². The first-order valence-corrected chi connectivity index (χ1v) is 7.89. The summed E-state index contributed by atoms with van der Waals surface area (Å²) in [6.07, 6.45) is 0. The molecule has 2 aromatic carbocycles. The number of hydrogen-bond acceptors (Lipinski definition) is 4. The first-order chi connectivity index (χ1) is 11.6. The molecule has 1 N–H and O–H groups in total. The van der Waals surface area contributed by atoms with Gasteiger partial charge in [0.2, 0.25) is 0 Å². The zero-order chi connectivity index (χ0) is 17.3. The van der Waals surface area contributed by atoms with Crippen LogP contribution in [-0.2, 0) is 6.54 Å². The normalized spacial score (nSPS) is 11.0. The summed E-state index contributed by atoms with van der Waals surface area (Å²) in [6, 6.07) is 9.89. The van der Waals surface area contributed by atoms with Gasteiger partial charge in [0.15, 0.2) is 0 Å². The van der Waals surface area contributed by atoms with Crippen LogP contribution in [0.5, 0.6) is 11.5 Å². The van der Waals surface area contributed by atoms with Gasteiger partial charge in [-0.3, -0.25) is 0 Å². The number of nitrogens with zero attached hydrogens (tertiary/aromatic N) is 2. The van der Waals surface area contributed by atoms with Gasteiger partial charge in [0.25, 0.3) is 0 Å². The predicted molar refractivity (Wildman–Crippen MR) is 94.8 cm³/mol. The lowest BCUT2D eigenvalue weighted by Crippen LogP contribution is -2.04. The van der Waals surface area contributed by atoms with Gasteiger partial charge < -0.3 is 19.1 Å². The molecule has 0 aliphatic heterocycles. The first kappa shape index (κ1) is 16.3. The Morgan fingerprint density at radius 3 is 2.17 bits per heavy atom. The second-order valence-corrected chi connectivity index (χ2v) is 5.84. The molecule has 1 heterocycles. The van der Waals surface area contributed by atoms with E-state index in [1.54, 1.807) is 14.2 Å². The minimum Gasteiger partial charge on any atom is -0.497 e. The predicted octanol–water partition coefficient (Wildman–Crippen LogP) is 3.33. The second-order valence-electron chi connectivity index (χ2n) is 5.84. The third-order valence-corrected chi connectivity index (χ3v) is 4.30. The lowest BCUT2D eigenvalue weighted by atomic mass is 10.1. The third kappa shape index (κ3) is 2.83. The van der Waals surface area contributed by atoms with Gasteiger partial charge in [-0.2, -0.15) is 0 Å². The van der Waals surface area contributed by atoms with Crippen molar-refractivity contribution < 1.29 is 14.6 Å². The fraction of sp³-hybridized carbons (Fsp3) is 0.316. The summed E-state index contributed by atoms with van der Waals surface area (Å²) >= 11 is 0. The molecule has 126 valence electrons. The fourth-order valence-corrected chi connectivity index (χ4v) is 2.86. The summed E-state index contributed by atoms with van der Waals surface area (Å²) in [5.74, 6) is 2.21. The molecular formula is C19H22N2O3. The lowest BCUT2D eigenvalue weighted by molar-refractivity contribution is 0.278. The maximum atomic E-state index is 9.50. The Kier molecular flexibility index (Phi) is 4.44. The molecule has 0 saturated heterocycles. The minimum atomic E-state index is 0.0481. The monoisotopic (exact) mass is 326 g/mol. The summed E-state index contributed by atoms with van der Waals surface area (Å²) in [6.45, 7) is 4.69. The van der Waals surface area contributed by atoms with Crippen LogP contribution in [0.2, 0.25) is 0 Å². The van der Waals surface area contributed by atoms with Crippen LogP contribution in [0.25, 0.3) is 22.4 Å². The van der Waals surface area contributed by atoms with Gasteiger partial charge in [-0.15, -0.1) is 0 Å². The quantitative estimate of drug-likeness (QED) is 0.781. The number of aromatic nitrogens is 2. The van der Waals surface area contributed by atoms with Crippen molar-refractivity contribution in [2.24, 2.45) is 0 Å². The van der Waals surface area contributed by atoms with E-state index in [1.807, 2.05) is 22.8 Å². The van der Waals surface area contributed by atoms with Crippen LogP contribution in [0.3, 0.4) is 0 Å². The van der Waals surface area contributed by atoms with Crippen molar-refractivity contribution in [3.63, 3.8) is 0 Å². The van der Waals surface area contributed by atoms with Crippen LogP contribution < -0.4 is 9.47 Å². The molecule has 0 spiro atoms. The molecule has 0 unspecified atom stereocenters. The topological polar surface area (TPSA) is 56.5 Å². The molecule has 0 bridgehead atoms. The van der Waals surface area contributed by atoms with Crippen molar-refractivity contribution in [2.75, 3.05) is 20.8 Å². The average Bonchev–Trinajstić information content (AvgIpc) is 2.93. The van der Waals surface area contributed by atoms with E-state index in [0.29, 0.717) is 18.0 Å². The lowest BCUT2D eigenvalue weighted by Gasteiger charge is -2.11. The number of hydrogen-bond donors (Lipinski definition) is 1. The zero-order valence-corrected chi connectivity index (χ0v) is 14.5. The SMILES string of the molecule is COc1cc(OC)cc(-c2nc3cc(C)c(C)cc3n2CCO)c1. The summed E-state index contributed by atoms with van der Waals surface area (Å²) in [5.41, 5.74) is 5.24. The zero-order valence-electron chi connectivity index (χ0n) is 14.5. The van der Waals surface area contributed by atoms with Gasteiger partial charge in [0.05, 0.1) is 31.9 Å². The second kappa shape index (κ2) is 6.53. The minimum absolute atomic E-state index is 0.0481. The van der Waals surface area contributed by atoms with Crippen LogP contribution in [0.15, 0.2) is 30.3 Å². The smallest absolute Gasteiger partial charge is 0.141 e. The molecule has 5 heteroatoms. The van der Waals surface area contributed by atoms with Crippen molar-refractivity contribution >= 4 is 11.0 Å². The Balaban J connectivity index is 2.27. The largest absolute Gasteiger partial charge is 0.497 e. The Labute approximate surface area is 141 Å². The standard InChI is InChI=1S/C19H22N2O3/c1-12-7-17-18(8-13(12)2)21(5-6-22)19(20-17)14-9-15(23-3)11-16(10-14)24-4/h7-11,22H,5-6H2,1-4H3. The van der Waals surface area contributed by atoms with Gasteiger partial charge in [-0.25, -0.2) is 4.98 Å². The number of methoxy groups -OCH3 is 2. The maximum absolute atomic E-state index is 9.50. The fourth-order valence-electron chi connectivity index (χ4n) is 2.86. The summed E-state index contributed by atoms with van der Waals surface area (Å²) < 4.78 is 12.8. The number of benzene rings is 2. The van der Waals surface area contributed by atoms with E-state index in [1.165, 1.54) is 11.1 Å². The highest BCUT2D eigenvalue weighted by molar-refractivity contribution is 5.82. The molecule has 3 aromatic rings. The highest BCUT2D eigenvalue weighted by Gasteiger charge is 2.15. The van der Waals surface area contributed by atoms with Crippen molar-refractivity contribution in [1.29, 1.82) is 0 Å². The first-order valence-electron chi connectivity index (χ1n) is 7.89. The van der Waals surface area contributed by atoms with Crippen molar-refractivity contribution in [3.05, 3.63) is 41.5 Å².